The van der Waals surface area contributed by atoms with Crippen molar-refractivity contribution < 1.29 is 14.1 Å². The van der Waals surface area contributed by atoms with Gasteiger partial charge in [-0.2, -0.15) is 4.98 Å². The Kier molecular flexibility index (Phi) is 7.63. The van der Waals surface area contributed by atoms with Gasteiger partial charge in [-0.25, -0.2) is 0 Å². The van der Waals surface area contributed by atoms with Crippen LogP contribution < -0.4 is 15.0 Å². The van der Waals surface area contributed by atoms with Crippen LogP contribution in [0.5, 0.6) is 5.75 Å². The number of anilines is 1. The maximum absolute atomic E-state index is 12.6. The summed E-state index contributed by atoms with van der Waals surface area (Å²) < 4.78 is 10.7. The fraction of sp³-hybridized carbons (Fsp3) is 0.625. The number of rotatable bonds is 8. The zero-order valence-electron chi connectivity index (χ0n) is 19.3. The first-order valence-corrected chi connectivity index (χ1v) is 11.8. The summed E-state index contributed by atoms with van der Waals surface area (Å²) in [5, 5.41) is 7.27. The topological polar surface area (TPSA) is 83.7 Å². The fourth-order valence-corrected chi connectivity index (χ4v) is 4.74. The number of hydrogen-bond donors (Lipinski definition) is 1. The van der Waals surface area contributed by atoms with Gasteiger partial charge in [0.25, 0.3) is 0 Å². The number of nitrogens with zero attached hydrogens (tertiary/aromatic N) is 4. The van der Waals surface area contributed by atoms with Crippen molar-refractivity contribution in [2.45, 2.75) is 51.0 Å². The number of methoxy groups -OCH3 is 1. The molecule has 1 saturated carbocycles. The highest BCUT2D eigenvalue weighted by atomic mass is 16.5. The van der Waals surface area contributed by atoms with Gasteiger partial charge in [0.05, 0.1) is 7.11 Å². The summed E-state index contributed by atoms with van der Waals surface area (Å²) in [6.45, 7) is 3.13. The normalized spacial score (nSPS) is 18.2. The van der Waals surface area contributed by atoms with Crippen LogP contribution in [0.2, 0.25) is 0 Å². The second kappa shape index (κ2) is 10.8. The summed E-state index contributed by atoms with van der Waals surface area (Å²) in [5.74, 6) is 1.57. The van der Waals surface area contributed by atoms with Crippen LogP contribution in [0.15, 0.2) is 28.8 Å². The number of aromatic nitrogens is 2. The molecule has 1 aliphatic heterocycles. The Labute approximate surface area is 190 Å². The van der Waals surface area contributed by atoms with Crippen LogP contribution in [0.25, 0.3) is 11.4 Å². The number of piperidine rings is 1. The summed E-state index contributed by atoms with van der Waals surface area (Å²) in [7, 11) is 3.83. The van der Waals surface area contributed by atoms with E-state index in [1.807, 2.05) is 24.3 Å². The molecule has 1 N–H and O–H groups in total. The Hall–Kier alpha value is -2.61. The molecule has 0 unspecified atom stereocenters. The second-order valence-corrected chi connectivity index (χ2v) is 8.95. The van der Waals surface area contributed by atoms with Gasteiger partial charge in [0, 0.05) is 43.7 Å². The smallest absolute Gasteiger partial charge is 0.324 e. The molecule has 1 aromatic carbocycles. The molecule has 0 radical (unpaired) electrons. The van der Waals surface area contributed by atoms with Crippen molar-refractivity contribution in [1.29, 1.82) is 0 Å². The highest BCUT2D eigenvalue weighted by molar-refractivity contribution is 5.78. The predicted molar refractivity (Wildman–Crippen MR) is 124 cm³/mol. The van der Waals surface area contributed by atoms with E-state index in [1.54, 1.807) is 7.11 Å². The molecule has 2 fully saturated rings. The number of benzene rings is 1. The minimum absolute atomic E-state index is 0.0511. The number of nitrogens with one attached hydrogen (secondary N) is 1. The average molecular weight is 442 g/mol. The van der Waals surface area contributed by atoms with E-state index in [1.165, 1.54) is 32.1 Å². The van der Waals surface area contributed by atoms with E-state index >= 15 is 0 Å². The van der Waals surface area contributed by atoms with Gasteiger partial charge in [0.2, 0.25) is 11.7 Å². The Bertz CT molecular complexity index is 855. The first-order valence-electron chi connectivity index (χ1n) is 11.8. The van der Waals surface area contributed by atoms with E-state index in [-0.39, 0.29) is 11.8 Å². The molecule has 0 spiro atoms. The lowest BCUT2D eigenvalue weighted by Gasteiger charge is -2.32. The van der Waals surface area contributed by atoms with E-state index < -0.39 is 0 Å². The summed E-state index contributed by atoms with van der Waals surface area (Å²) in [4.78, 5) is 21.7. The van der Waals surface area contributed by atoms with Crippen LogP contribution in [0, 0.1) is 5.92 Å². The fourth-order valence-electron chi connectivity index (χ4n) is 4.74. The molecule has 0 atom stereocenters. The van der Waals surface area contributed by atoms with E-state index in [0.29, 0.717) is 17.9 Å². The van der Waals surface area contributed by atoms with Crippen LogP contribution in [0.3, 0.4) is 0 Å². The molecule has 2 heterocycles. The maximum Gasteiger partial charge on any atom is 0.324 e. The summed E-state index contributed by atoms with van der Waals surface area (Å²) >= 11 is 0. The van der Waals surface area contributed by atoms with Crippen molar-refractivity contribution in [3.05, 3.63) is 24.3 Å². The molecule has 8 nitrogen and oxygen atoms in total. The van der Waals surface area contributed by atoms with Gasteiger partial charge in [-0.05, 0) is 57.0 Å². The minimum atomic E-state index is 0.0511. The number of ether oxygens (including phenoxy) is 1. The van der Waals surface area contributed by atoms with Crippen molar-refractivity contribution in [1.82, 2.24) is 20.4 Å². The molecule has 32 heavy (non-hydrogen) atoms. The quantitative estimate of drug-likeness (QED) is 0.673. The number of likely N-dealkylation sites (N-methyl/N-ethyl adjacent to an activating group) is 1. The predicted octanol–water partition coefficient (Wildman–Crippen LogP) is 3.34. The molecule has 2 aromatic rings. The van der Waals surface area contributed by atoms with E-state index in [2.05, 4.69) is 32.3 Å². The molecule has 1 aliphatic carbocycles. The molecule has 0 bridgehead atoms. The summed E-state index contributed by atoms with van der Waals surface area (Å²) in [6.07, 6.45) is 8.21. The molecule has 2 aliphatic rings. The van der Waals surface area contributed by atoms with Gasteiger partial charge in [0.1, 0.15) is 5.75 Å². The molecule has 8 heteroatoms. The largest absolute Gasteiger partial charge is 0.497 e. The third kappa shape index (κ3) is 5.59. The molecular weight excluding hydrogens is 406 g/mol. The first-order chi connectivity index (χ1) is 15.6. The van der Waals surface area contributed by atoms with Gasteiger partial charge >= 0.3 is 6.01 Å². The van der Waals surface area contributed by atoms with Crippen LogP contribution in [0.1, 0.15) is 44.9 Å². The average Bonchev–Trinajstić information content (AvgIpc) is 3.35. The Balaban J connectivity index is 1.21. The van der Waals surface area contributed by atoms with Gasteiger partial charge < -0.3 is 24.4 Å². The lowest BCUT2D eigenvalue weighted by molar-refractivity contribution is -0.125. The zero-order chi connectivity index (χ0) is 22.3. The summed E-state index contributed by atoms with van der Waals surface area (Å²) in [6, 6.07) is 8.78. The SMILES string of the molecule is COc1ccc(-c2noc(N3CCC(C(=O)NCCN(C)C4CCCCC4)CC3)n2)cc1. The lowest BCUT2D eigenvalue weighted by Crippen LogP contribution is -2.43. The Morgan fingerprint density at radius 1 is 1.16 bits per heavy atom. The number of hydrogen-bond acceptors (Lipinski definition) is 7. The number of carbonyl (C=O) groups is 1. The highest BCUT2D eigenvalue weighted by Gasteiger charge is 2.27. The van der Waals surface area contributed by atoms with Crippen LogP contribution in [0.4, 0.5) is 6.01 Å². The Morgan fingerprint density at radius 3 is 2.56 bits per heavy atom. The number of amides is 1. The monoisotopic (exact) mass is 441 g/mol. The van der Waals surface area contributed by atoms with Crippen molar-refractivity contribution >= 4 is 11.9 Å². The zero-order valence-corrected chi connectivity index (χ0v) is 19.3. The molecule has 1 amide bonds. The first kappa shape index (κ1) is 22.6. The minimum Gasteiger partial charge on any atom is -0.497 e. The molecule has 174 valence electrons. The van der Waals surface area contributed by atoms with E-state index in [4.69, 9.17) is 9.26 Å². The van der Waals surface area contributed by atoms with Crippen molar-refractivity contribution in [2.24, 2.45) is 5.92 Å². The van der Waals surface area contributed by atoms with Crippen LogP contribution >= 0.6 is 0 Å². The number of carbonyl (C=O) groups excluding carboxylic acids is 1. The van der Waals surface area contributed by atoms with Crippen molar-refractivity contribution in [3.63, 3.8) is 0 Å². The highest BCUT2D eigenvalue weighted by Crippen LogP contribution is 2.26. The maximum atomic E-state index is 12.6. The van der Waals surface area contributed by atoms with Crippen LogP contribution in [-0.2, 0) is 4.79 Å². The third-order valence-corrected chi connectivity index (χ3v) is 6.86. The van der Waals surface area contributed by atoms with E-state index in [0.717, 1.165) is 50.3 Å². The summed E-state index contributed by atoms with van der Waals surface area (Å²) in [5.41, 5.74) is 0.883. The van der Waals surface area contributed by atoms with E-state index in [9.17, 15) is 4.79 Å². The lowest BCUT2D eigenvalue weighted by atomic mass is 9.94. The molecule has 1 aromatic heterocycles. The van der Waals surface area contributed by atoms with Gasteiger partial charge in [0.15, 0.2) is 0 Å². The third-order valence-electron chi connectivity index (χ3n) is 6.86. The standard InChI is InChI=1S/C24H35N5O3/c1-28(20-6-4-3-5-7-20)17-14-25-23(30)19-12-15-29(16-13-19)24-26-22(27-32-24)18-8-10-21(31-2)11-9-18/h8-11,19-20H,3-7,12-17H2,1-2H3,(H,25,30). The van der Waals surface area contributed by atoms with Gasteiger partial charge in [-0.1, -0.05) is 24.4 Å². The Morgan fingerprint density at radius 2 is 1.88 bits per heavy atom. The van der Waals surface area contributed by atoms with Gasteiger partial charge in [-0.3, -0.25) is 4.79 Å². The second-order valence-electron chi connectivity index (χ2n) is 8.95. The molecular formula is C24H35N5O3. The van der Waals surface area contributed by atoms with Crippen molar-refractivity contribution in [3.8, 4) is 17.1 Å². The van der Waals surface area contributed by atoms with Crippen molar-refractivity contribution in [2.75, 3.05) is 45.2 Å². The van der Waals surface area contributed by atoms with Crippen LogP contribution in [-0.4, -0.2) is 67.3 Å². The van der Waals surface area contributed by atoms with Gasteiger partial charge in [-0.15, -0.1) is 0 Å². The molecule has 1 saturated heterocycles. The molecule has 4 rings (SSSR count).